The molecule has 3 aliphatic rings. The number of likely N-dealkylation sites (tertiary alicyclic amines) is 1. The molecule has 0 radical (unpaired) electrons. The molecule has 5 nitrogen and oxygen atoms in total. The third kappa shape index (κ3) is 2.07. The van der Waals surface area contributed by atoms with E-state index in [4.69, 9.17) is 10.5 Å². The molecule has 1 spiro atoms. The summed E-state index contributed by atoms with van der Waals surface area (Å²) in [5.74, 6) is 1.52. The van der Waals surface area contributed by atoms with Crippen molar-refractivity contribution >= 4 is 11.6 Å². The zero-order valence-electron chi connectivity index (χ0n) is 12.5. The van der Waals surface area contributed by atoms with Crippen molar-refractivity contribution in [2.75, 3.05) is 31.6 Å². The van der Waals surface area contributed by atoms with Crippen LogP contribution in [0.25, 0.3) is 0 Å². The minimum atomic E-state index is 0.0568. The van der Waals surface area contributed by atoms with Crippen LogP contribution in [0.4, 0.5) is 5.69 Å². The molecule has 0 aromatic heterocycles. The lowest BCUT2D eigenvalue weighted by atomic mass is 9.97. The molecule has 2 N–H and O–H groups in total. The molecule has 1 aliphatic carbocycles. The predicted octanol–water partition coefficient (Wildman–Crippen LogP) is 1.44. The largest absolute Gasteiger partial charge is 0.497 e. The van der Waals surface area contributed by atoms with Gasteiger partial charge in [0.25, 0.3) is 0 Å². The molecule has 1 atom stereocenters. The summed E-state index contributed by atoms with van der Waals surface area (Å²) in [6.07, 6.45) is 3.85. The first-order chi connectivity index (χ1) is 10.2. The third-order valence-electron chi connectivity index (χ3n) is 4.99. The molecular formula is C16H22N4O. The summed E-state index contributed by atoms with van der Waals surface area (Å²) in [6, 6.07) is 8.94. The number of benzene rings is 1. The summed E-state index contributed by atoms with van der Waals surface area (Å²) in [4.78, 5) is 9.41. The second-order valence-corrected chi connectivity index (χ2v) is 6.38. The molecule has 1 saturated carbocycles. The zero-order chi connectivity index (χ0) is 14.4. The lowest BCUT2D eigenvalue weighted by Crippen LogP contribution is -2.53. The first-order valence-electron chi connectivity index (χ1n) is 7.70. The Morgan fingerprint density at radius 1 is 1.29 bits per heavy atom. The second kappa shape index (κ2) is 4.63. The van der Waals surface area contributed by atoms with Crippen LogP contribution in [0, 0.1) is 0 Å². The van der Waals surface area contributed by atoms with Crippen LogP contribution >= 0.6 is 0 Å². The van der Waals surface area contributed by atoms with Crippen molar-refractivity contribution in [2.24, 2.45) is 10.7 Å². The number of hydrogen-bond acceptors (Lipinski definition) is 5. The van der Waals surface area contributed by atoms with E-state index in [1.165, 1.54) is 19.4 Å². The Morgan fingerprint density at radius 2 is 2.05 bits per heavy atom. The fourth-order valence-corrected chi connectivity index (χ4v) is 3.70. The summed E-state index contributed by atoms with van der Waals surface area (Å²) in [5, 5.41) is 0. The monoisotopic (exact) mass is 286 g/mol. The minimum Gasteiger partial charge on any atom is -0.497 e. The van der Waals surface area contributed by atoms with Gasteiger partial charge in [-0.3, -0.25) is 9.89 Å². The van der Waals surface area contributed by atoms with Gasteiger partial charge in [0.2, 0.25) is 0 Å². The number of rotatable bonds is 3. The number of hydrogen-bond donors (Lipinski definition) is 1. The Morgan fingerprint density at radius 3 is 2.71 bits per heavy atom. The van der Waals surface area contributed by atoms with Crippen LogP contribution in [0.2, 0.25) is 0 Å². The predicted molar refractivity (Wildman–Crippen MR) is 83.9 cm³/mol. The first kappa shape index (κ1) is 13.0. The van der Waals surface area contributed by atoms with E-state index in [0.29, 0.717) is 5.96 Å². The molecule has 2 heterocycles. The van der Waals surface area contributed by atoms with E-state index in [9.17, 15) is 0 Å². The number of methoxy groups -OCH3 is 1. The summed E-state index contributed by atoms with van der Waals surface area (Å²) in [6.45, 7) is 3.06. The SMILES string of the molecule is COc1ccc(N2C(N)=NCC23CCN(C2CC2)C3)cc1. The number of anilines is 1. The summed E-state index contributed by atoms with van der Waals surface area (Å²) in [7, 11) is 1.69. The van der Waals surface area contributed by atoms with E-state index in [0.717, 1.165) is 37.0 Å². The molecule has 1 aromatic rings. The molecule has 0 amide bonds. The van der Waals surface area contributed by atoms with Gasteiger partial charge in [0, 0.05) is 24.8 Å². The van der Waals surface area contributed by atoms with E-state index in [1.54, 1.807) is 7.11 Å². The van der Waals surface area contributed by atoms with Gasteiger partial charge in [0.1, 0.15) is 5.75 Å². The van der Waals surface area contributed by atoms with Crippen LogP contribution in [0.5, 0.6) is 5.75 Å². The number of nitrogens with two attached hydrogens (primary N) is 1. The van der Waals surface area contributed by atoms with E-state index in [2.05, 4.69) is 26.9 Å². The third-order valence-corrected chi connectivity index (χ3v) is 4.99. The highest BCUT2D eigenvalue weighted by atomic mass is 16.5. The number of guanidine groups is 1. The molecule has 112 valence electrons. The standard InChI is InChI=1S/C16H22N4O/c1-21-14-6-4-13(5-7-14)20-15(17)18-10-16(20)8-9-19(11-16)12-2-3-12/h4-7,12H,2-3,8-11H2,1H3,(H2,17,18). The minimum absolute atomic E-state index is 0.0568. The lowest BCUT2D eigenvalue weighted by Gasteiger charge is -2.36. The maximum absolute atomic E-state index is 6.20. The zero-order valence-corrected chi connectivity index (χ0v) is 12.5. The molecule has 1 saturated heterocycles. The van der Waals surface area contributed by atoms with Crippen molar-refractivity contribution < 1.29 is 4.74 Å². The van der Waals surface area contributed by atoms with Crippen LogP contribution in [0.3, 0.4) is 0 Å². The van der Waals surface area contributed by atoms with Crippen molar-refractivity contribution in [1.82, 2.24) is 4.90 Å². The molecule has 1 aromatic carbocycles. The Bertz CT molecular complexity index is 566. The Kier molecular flexibility index (Phi) is 2.85. The second-order valence-electron chi connectivity index (χ2n) is 6.38. The van der Waals surface area contributed by atoms with Gasteiger partial charge < -0.3 is 15.4 Å². The molecule has 4 rings (SSSR count). The first-order valence-corrected chi connectivity index (χ1v) is 7.70. The van der Waals surface area contributed by atoms with Gasteiger partial charge in [0.15, 0.2) is 5.96 Å². The van der Waals surface area contributed by atoms with Crippen molar-refractivity contribution in [1.29, 1.82) is 0 Å². The normalized spacial score (nSPS) is 29.2. The highest BCUT2D eigenvalue weighted by molar-refractivity contribution is 5.98. The lowest BCUT2D eigenvalue weighted by molar-refractivity contribution is 0.306. The van der Waals surface area contributed by atoms with Crippen LogP contribution in [0.1, 0.15) is 19.3 Å². The molecule has 2 fully saturated rings. The van der Waals surface area contributed by atoms with Crippen molar-refractivity contribution in [3.8, 4) is 5.75 Å². The van der Waals surface area contributed by atoms with E-state index in [1.807, 2.05) is 12.1 Å². The Balaban J connectivity index is 1.62. The average molecular weight is 286 g/mol. The number of ether oxygens (including phenoxy) is 1. The van der Waals surface area contributed by atoms with Crippen molar-refractivity contribution in [3.05, 3.63) is 24.3 Å². The molecule has 5 heteroatoms. The average Bonchev–Trinajstić information content (AvgIpc) is 3.21. The highest BCUT2D eigenvalue weighted by Crippen LogP contribution is 2.40. The topological polar surface area (TPSA) is 54.1 Å². The number of nitrogens with zero attached hydrogens (tertiary/aromatic N) is 3. The van der Waals surface area contributed by atoms with E-state index < -0.39 is 0 Å². The van der Waals surface area contributed by atoms with Crippen molar-refractivity contribution in [3.63, 3.8) is 0 Å². The van der Waals surface area contributed by atoms with Crippen LogP contribution in [0.15, 0.2) is 29.3 Å². The fraction of sp³-hybridized carbons (Fsp3) is 0.562. The van der Waals surface area contributed by atoms with Crippen molar-refractivity contribution in [2.45, 2.75) is 30.8 Å². The highest BCUT2D eigenvalue weighted by Gasteiger charge is 2.50. The van der Waals surface area contributed by atoms with E-state index >= 15 is 0 Å². The van der Waals surface area contributed by atoms with Gasteiger partial charge >= 0.3 is 0 Å². The molecule has 0 bridgehead atoms. The quantitative estimate of drug-likeness (QED) is 0.913. The Hall–Kier alpha value is -1.75. The summed E-state index contributed by atoms with van der Waals surface area (Å²) >= 11 is 0. The fourth-order valence-electron chi connectivity index (χ4n) is 3.70. The maximum Gasteiger partial charge on any atom is 0.196 e. The molecule has 21 heavy (non-hydrogen) atoms. The van der Waals surface area contributed by atoms with E-state index in [-0.39, 0.29) is 5.54 Å². The van der Waals surface area contributed by atoms with Gasteiger partial charge in [-0.05, 0) is 43.5 Å². The number of aliphatic imine (C=N–C) groups is 1. The maximum atomic E-state index is 6.20. The van der Waals surface area contributed by atoms with Gasteiger partial charge in [-0.2, -0.15) is 0 Å². The van der Waals surface area contributed by atoms with Crippen LogP contribution in [-0.4, -0.2) is 49.2 Å². The molecule has 1 unspecified atom stereocenters. The van der Waals surface area contributed by atoms with Crippen LogP contribution in [-0.2, 0) is 0 Å². The van der Waals surface area contributed by atoms with Gasteiger partial charge in [-0.1, -0.05) is 0 Å². The van der Waals surface area contributed by atoms with Gasteiger partial charge in [0.05, 0.1) is 19.2 Å². The Labute approximate surface area is 125 Å². The van der Waals surface area contributed by atoms with Crippen LogP contribution < -0.4 is 15.4 Å². The summed E-state index contributed by atoms with van der Waals surface area (Å²) in [5.41, 5.74) is 7.37. The molecular weight excluding hydrogens is 264 g/mol. The van der Waals surface area contributed by atoms with Gasteiger partial charge in [-0.25, -0.2) is 0 Å². The van der Waals surface area contributed by atoms with Gasteiger partial charge in [-0.15, -0.1) is 0 Å². The summed E-state index contributed by atoms with van der Waals surface area (Å²) < 4.78 is 5.24. The smallest absolute Gasteiger partial charge is 0.196 e. The molecule has 2 aliphatic heterocycles.